The predicted molar refractivity (Wildman–Crippen MR) is 72.7 cm³/mol. The lowest BCUT2D eigenvalue weighted by Crippen LogP contribution is -2.10. The van der Waals surface area contributed by atoms with Crippen LogP contribution in [0, 0.1) is 10.1 Å². The van der Waals surface area contributed by atoms with Crippen LogP contribution in [0.3, 0.4) is 0 Å². The third-order valence-corrected chi connectivity index (χ3v) is 2.48. The van der Waals surface area contributed by atoms with Gasteiger partial charge in [-0.2, -0.15) is 0 Å². The molecule has 0 fully saturated rings. The van der Waals surface area contributed by atoms with E-state index in [2.05, 4.69) is 15.3 Å². The van der Waals surface area contributed by atoms with E-state index < -0.39 is 4.92 Å². The van der Waals surface area contributed by atoms with Crippen molar-refractivity contribution in [1.29, 1.82) is 0 Å². The minimum absolute atomic E-state index is 0.0702. The molecule has 2 rings (SSSR count). The Labute approximate surface area is 110 Å². The molecule has 0 aliphatic heterocycles. The van der Waals surface area contributed by atoms with Gasteiger partial charge in [0.15, 0.2) is 0 Å². The number of nitro groups is 1. The lowest BCUT2D eigenvalue weighted by Gasteiger charge is -2.12. The van der Waals surface area contributed by atoms with Crippen LogP contribution in [0.15, 0.2) is 36.8 Å². The van der Waals surface area contributed by atoms with Gasteiger partial charge in [-0.15, -0.1) is 0 Å². The molecule has 0 aromatic carbocycles. The van der Waals surface area contributed by atoms with Crippen molar-refractivity contribution in [2.45, 2.75) is 0 Å². The Hall–Kier alpha value is -2.70. The van der Waals surface area contributed by atoms with E-state index in [0.717, 1.165) is 5.82 Å². The van der Waals surface area contributed by atoms with Gasteiger partial charge in [-0.05, 0) is 18.2 Å². The summed E-state index contributed by atoms with van der Waals surface area (Å²) in [6.07, 6.45) is 4.33. The largest absolute Gasteiger partial charge is 0.363 e. The Balaban J connectivity index is 2.24. The summed E-state index contributed by atoms with van der Waals surface area (Å²) < 4.78 is 0. The molecule has 0 saturated heterocycles. The average molecular weight is 259 g/mol. The number of aromatic nitrogens is 2. The number of nitrogens with zero attached hydrogens (tertiary/aromatic N) is 4. The van der Waals surface area contributed by atoms with Crippen LogP contribution in [0.1, 0.15) is 0 Å². The van der Waals surface area contributed by atoms with E-state index in [0.29, 0.717) is 11.4 Å². The maximum atomic E-state index is 10.9. The highest BCUT2D eigenvalue weighted by molar-refractivity contribution is 5.68. The van der Waals surface area contributed by atoms with Crippen LogP contribution in [0.25, 0.3) is 0 Å². The standard InChI is InChI=1S/C12H13N5O2/c1-16(2)12-4-3-9(7-14-12)15-10-5-6-13-8-11(10)17(18)19/h3-8H,1-2H3,(H,13,15). The van der Waals surface area contributed by atoms with Crippen molar-refractivity contribution in [2.75, 3.05) is 24.3 Å². The average Bonchev–Trinajstić information content (AvgIpc) is 2.39. The second kappa shape index (κ2) is 5.30. The van der Waals surface area contributed by atoms with Gasteiger partial charge < -0.3 is 10.2 Å². The van der Waals surface area contributed by atoms with Gasteiger partial charge in [-0.1, -0.05) is 0 Å². The van der Waals surface area contributed by atoms with Gasteiger partial charge in [-0.3, -0.25) is 15.1 Å². The molecule has 7 heteroatoms. The van der Waals surface area contributed by atoms with E-state index in [1.165, 1.54) is 12.4 Å². The molecule has 0 saturated carbocycles. The summed E-state index contributed by atoms with van der Waals surface area (Å²) in [4.78, 5) is 20.2. The third kappa shape index (κ3) is 2.95. The maximum absolute atomic E-state index is 10.9. The van der Waals surface area contributed by atoms with Gasteiger partial charge in [0.1, 0.15) is 17.7 Å². The van der Waals surface area contributed by atoms with Crippen molar-refractivity contribution < 1.29 is 4.92 Å². The van der Waals surface area contributed by atoms with Crippen LogP contribution in [-0.2, 0) is 0 Å². The number of nitrogens with one attached hydrogen (secondary N) is 1. The molecule has 19 heavy (non-hydrogen) atoms. The summed E-state index contributed by atoms with van der Waals surface area (Å²) in [6, 6.07) is 5.19. The number of anilines is 3. The van der Waals surface area contributed by atoms with Crippen LogP contribution in [0.4, 0.5) is 22.9 Å². The zero-order valence-corrected chi connectivity index (χ0v) is 10.6. The lowest BCUT2D eigenvalue weighted by atomic mass is 10.3. The number of hydrogen-bond acceptors (Lipinski definition) is 6. The first kappa shape index (κ1) is 12.7. The zero-order chi connectivity index (χ0) is 13.8. The summed E-state index contributed by atoms with van der Waals surface area (Å²) in [5.41, 5.74) is 0.999. The molecular formula is C12H13N5O2. The van der Waals surface area contributed by atoms with Gasteiger partial charge in [0.2, 0.25) is 0 Å². The van der Waals surface area contributed by atoms with Gasteiger partial charge in [0, 0.05) is 20.3 Å². The van der Waals surface area contributed by atoms with Crippen molar-refractivity contribution in [3.8, 4) is 0 Å². The fourth-order valence-corrected chi connectivity index (χ4v) is 1.52. The fraction of sp³-hybridized carbons (Fsp3) is 0.167. The summed E-state index contributed by atoms with van der Waals surface area (Å²) in [7, 11) is 3.78. The van der Waals surface area contributed by atoms with Gasteiger partial charge in [0.25, 0.3) is 0 Å². The van der Waals surface area contributed by atoms with Gasteiger partial charge in [-0.25, -0.2) is 4.98 Å². The van der Waals surface area contributed by atoms with E-state index >= 15 is 0 Å². The van der Waals surface area contributed by atoms with E-state index in [9.17, 15) is 10.1 Å². The molecule has 98 valence electrons. The van der Waals surface area contributed by atoms with Crippen molar-refractivity contribution >= 4 is 22.9 Å². The number of hydrogen-bond donors (Lipinski definition) is 1. The van der Waals surface area contributed by atoms with E-state index in [-0.39, 0.29) is 5.69 Å². The van der Waals surface area contributed by atoms with Gasteiger partial charge in [0.05, 0.1) is 16.8 Å². The molecule has 2 aromatic rings. The molecule has 0 unspecified atom stereocenters. The van der Waals surface area contributed by atoms with Crippen LogP contribution in [0.2, 0.25) is 0 Å². The number of pyridine rings is 2. The van der Waals surface area contributed by atoms with E-state index in [1.807, 2.05) is 31.1 Å². The third-order valence-electron chi connectivity index (χ3n) is 2.48. The first-order valence-corrected chi connectivity index (χ1v) is 5.57. The van der Waals surface area contributed by atoms with Crippen LogP contribution in [0.5, 0.6) is 0 Å². The fourth-order valence-electron chi connectivity index (χ4n) is 1.52. The minimum Gasteiger partial charge on any atom is -0.363 e. The summed E-state index contributed by atoms with van der Waals surface area (Å²) >= 11 is 0. The van der Waals surface area contributed by atoms with E-state index in [4.69, 9.17) is 0 Å². The number of rotatable bonds is 4. The normalized spacial score (nSPS) is 10.0. The van der Waals surface area contributed by atoms with Crippen LogP contribution in [-0.4, -0.2) is 29.0 Å². The topological polar surface area (TPSA) is 84.2 Å². The summed E-state index contributed by atoms with van der Waals surface area (Å²) in [6.45, 7) is 0. The highest BCUT2D eigenvalue weighted by atomic mass is 16.6. The highest BCUT2D eigenvalue weighted by Crippen LogP contribution is 2.26. The quantitative estimate of drug-likeness (QED) is 0.669. The Morgan fingerprint density at radius 3 is 2.63 bits per heavy atom. The van der Waals surface area contributed by atoms with E-state index in [1.54, 1.807) is 12.3 Å². The van der Waals surface area contributed by atoms with Gasteiger partial charge >= 0.3 is 5.69 Å². The first-order chi connectivity index (χ1) is 9.08. The molecule has 2 heterocycles. The minimum atomic E-state index is -0.475. The maximum Gasteiger partial charge on any atom is 0.310 e. The molecule has 0 radical (unpaired) electrons. The predicted octanol–water partition coefficient (Wildman–Crippen LogP) is 2.19. The molecule has 0 spiro atoms. The molecule has 0 bridgehead atoms. The molecule has 0 amide bonds. The molecule has 0 aliphatic rings. The molecule has 1 N–H and O–H groups in total. The first-order valence-electron chi connectivity index (χ1n) is 5.57. The monoisotopic (exact) mass is 259 g/mol. The SMILES string of the molecule is CN(C)c1ccc(Nc2ccncc2[N+](=O)[O-])cn1. The summed E-state index contributed by atoms with van der Waals surface area (Å²) in [5, 5.41) is 13.8. The lowest BCUT2D eigenvalue weighted by molar-refractivity contribution is -0.384. The molecule has 2 aromatic heterocycles. The van der Waals surface area contributed by atoms with Crippen molar-refractivity contribution in [3.05, 3.63) is 46.9 Å². The highest BCUT2D eigenvalue weighted by Gasteiger charge is 2.13. The molecule has 0 atom stereocenters. The van der Waals surface area contributed by atoms with Crippen molar-refractivity contribution in [1.82, 2.24) is 9.97 Å². The Bertz CT molecular complexity index is 583. The zero-order valence-electron chi connectivity index (χ0n) is 10.6. The van der Waals surface area contributed by atoms with Crippen molar-refractivity contribution in [3.63, 3.8) is 0 Å². The Morgan fingerprint density at radius 2 is 2.05 bits per heavy atom. The molecular weight excluding hydrogens is 246 g/mol. The van der Waals surface area contributed by atoms with Crippen molar-refractivity contribution in [2.24, 2.45) is 0 Å². The van der Waals surface area contributed by atoms with Crippen LogP contribution < -0.4 is 10.2 Å². The smallest absolute Gasteiger partial charge is 0.310 e. The second-order valence-corrected chi connectivity index (χ2v) is 4.07. The Kier molecular flexibility index (Phi) is 3.56. The Morgan fingerprint density at radius 1 is 1.26 bits per heavy atom. The molecule has 0 aliphatic carbocycles. The second-order valence-electron chi connectivity index (χ2n) is 4.07. The summed E-state index contributed by atoms with van der Waals surface area (Å²) in [5.74, 6) is 0.815. The van der Waals surface area contributed by atoms with Crippen LogP contribution >= 0.6 is 0 Å². The molecule has 7 nitrogen and oxygen atoms in total.